The van der Waals surface area contributed by atoms with Crippen LogP contribution < -0.4 is 20.7 Å². The summed E-state index contributed by atoms with van der Waals surface area (Å²) < 4.78 is 0. The van der Waals surface area contributed by atoms with Crippen LogP contribution >= 0.6 is 0 Å². The standard InChI is InChI=1S/C44H45BN2/c1-28-26-37-40-38(27-28)47(32-24-20-30(21-25-32)43(5,6)7)41-39(33-14-10-11-15-34(33)44(41,8)9)45(40)35-16-12-13-17-36(35)46(37)31-22-18-29(19-23-31)42(2,3)4/h10-27H,1-9H3. The van der Waals surface area contributed by atoms with Gasteiger partial charge in [0.25, 0.3) is 6.71 Å². The molecule has 1 aliphatic carbocycles. The Morgan fingerprint density at radius 1 is 0.574 bits per heavy atom. The number of rotatable bonds is 2. The normalized spacial score (nSPS) is 16.1. The van der Waals surface area contributed by atoms with Crippen LogP contribution in [0.2, 0.25) is 0 Å². The van der Waals surface area contributed by atoms with Crippen LogP contribution in [0.4, 0.5) is 28.4 Å². The molecule has 234 valence electrons. The van der Waals surface area contributed by atoms with Crippen LogP contribution in [0.1, 0.15) is 83.2 Å². The second kappa shape index (κ2) is 10.0. The number of fused-ring (bicyclic) bond motifs is 5. The molecule has 47 heavy (non-hydrogen) atoms. The molecule has 3 aliphatic rings. The molecule has 0 unspecified atom stereocenters. The first-order valence-corrected chi connectivity index (χ1v) is 17.2. The molecule has 5 aromatic carbocycles. The first-order valence-electron chi connectivity index (χ1n) is 17.2. The molecule has 0 fully saturated rings. The lowest BCUT2D eigenvalue weighted by atomic mass is 9.32. The smallest absolute Gasteiger partial charge is 0.252 e. The minimum Gasteiger partial charge on any atom is -0.314 e. The molecule has 2 aliphatic heterocycles. The lowest BCUT2D eigenvalue weighted by Crippen LogP contribution is -2.55. The molecule has 5 aromatic rings. The zero-order valence-electron chi connectivity index (χ0n) is 29.4. The van der Waals surface area contributed by atoms with E-state index in [-0.39, 0.29) is 23.0 Å². The zero-order chi connectivity index (χ0) is 33.0. The van der Waals surface area contributed by atoms with Gasteiger partial charge in [-0.25, -0.2) is 0 Å². The van der Waals surface area contributed by atoms with Crippen molar-refractivity contribution in [2.75, 3.05) is 9.80 Å². The van der Waals surface area contributed by atoms with E-state index in [0.29, 0.717) is 0 Å². The molecule has 0 spiro atoms. The quantitative estimate of drug-likeness (QED) is 0.183. The van der Waals surface area contributed by atoms with Gasteiger partial charge in [-0.05, 0) is 104 Å². The van der Waals surface area contributed by atoms with E-state index in [9.17, 15) is 0 Å². The van der Waals surface area contributed by atoms with Crippen molar-refractivity contribution in [1.29, 1.82) is 0 Å². The van der Waals surface area contributed by atoms with Gasteiger partial charge in [-0.15, -0.1) is 0 Å². The highest BCUT2D eigenvalue weighted by Gasteiger charge is 2.52. The predicted molar refractivity (Wildman–Crippen MR) is 203 cm³/mol. The summed E-state index contributed by atoms with van der Waals surface area (Å²) in [5, 5.41) is 0. The Morgan fingerprint density at radius 2 is 1.09 bits per heavy atom. The predicted octanol–water partition coefficient (Wildman–Crippen LogP) is 10.4. The van der Waals surface area contributed by atoms with Gasteiger partial charge in [0.05, 0.1) is 0 Å². The maximum Gasteiger partial charge on any atom is 0.252 e. The van der Waals surface area contributed by atoms with E-state index in [0.717, 1.165) is 0 Å². The van der Waals surface area contributed by atoms with E-state index in [1.807, 2.05) is 0 Å². The topological polar surface area (TPSA) is 6.48 Å². The van der Waals surface area contributed by atoms with Crippen molar-refractivity contribution >= 4 is 51.5 Å². The van der Waals surface area contributed by atoms with Gasteiger partial charge in [0.15, 0.2) is 0 Å². The highest BCUT2D eigenvalue weighted by Crippen LogP contribution is 2.56. The fourth-order valence-electron chi connectivity index (χ4n) is 8.38. The van der Waals surface area contributed by atoms with Gasteiger partial charge in [0.2, 0.25) is 0 Å². The van der Waals surface area contributed by atoms with Crippen LogP contribution in [-0.4, -0.2) is 6.71 Å². The van der Waals surface area contributed by atoms with Crippen molar-refractivity contribution in [3.63, 3.8) is 0 Å². The van der Waals surface area contributed by atoms with E-state index < -0.39 is 0 Å². The average Bonchev–Trinajstić information content (AvgIpc) is 3.27. The molecule has 2 nitrogen and oxygen atoms in total. The average molecular weight is 613 g/mol. The first-order chi connectivity index (χ1) is 22.3. The Kier molecular flexibility index (Phi) is 6.36. The Bertz CT molecular complexity index is 2090. The van der Waals surface area contributed by atoms with E-state index in [1.54, 1.807) is 0 Å². The molecule has 0 amide bonds. The monoisotopic (exact) mass is 612 g/mol. The third-order valence-electron chi connectivity index (χ3n) is 10.8. The van der Waals surface area contributed by atoms with Crippen LogP contribution in [0.5, 0.6) is 0 Å². The molecule has 2 heterocycles. The molecule has 0 saturated heterocycles. The van der Waals surface area contributed by atoms with Gasteiger partial charge in [-0.1, -0.05) is 122 Å². The Labute approximate surface area is 281 Å². The Hall–Kier alpha value is -4.50. The molecule has 8 rings (SSSR count). The van der Waals surface area contributed by atoms with Gasteiger partial charge in [-0.3, -0.25) is 0 Å². The molecular formula is C44H45BN2. The molecule has 0 atom stereocenters. The van der Waals surface area contributed by atoms with Crippen molar-refractivity contribution in [2.45, 2.75) is 78.6 Å². The van der Waals surface area contributed by atoms with Gasteiger partial charge in [0, 0.05) is 39.5 Å². The van der Waals surface area contributed by atoms with Gasteiger partial charge < -0.3 is 9.80 Å². The minimum atomic E-state index is -0.176. The summed E-state index contributed by atoms with van der Waals surface area (Å²) in [6.45, 7) is 21.0. The maximum absolute atomic E-state index is 2.61. The number of hydrogen-bond donors (Lipinski definition) is 0. The second-order valence-electron chi connectivity index (χ2n) is 16.4. The van der Waals surface area contributed by atoms with E-state index >= 15 is 0 Å². The van der Waals surface area contributed by atoms with Crippen LogP contribution in [0.3, 0.4) is 0 Å². The third-order valence-corrected chi connectivity index (χ3v) is 10.8. The van der Waals surface area contributed by atoms with Crippen molar-refractivity contribution in [3.05, 3.63) is 143 Å². The summed E-state index contributed by atoms with van der Waals surface area (Å²) in [5.41, 5.74) is 18.6. The van der Waals surface area contributed by atoms with Crippen LogP contribution in [0, 0.1) is 6.92 Å². The fraction of sp³-hybridized carbons (Fsp3) is 0.273. The molecule has 0 aromatic heterocycles. The van der Waals surface area contributed by atoms with Crippen LogP contribution in [-0.2, 0) is 16.2 Å². The maximum atomic E-state index is 2.61. The highest BCUT2D eigenvalue weighted by atomic mass is 15.2. The largest absolute Gasteiger partial charge is 0.314 e. The number of para-hydroxylation sites is 1. The highest BCUT2D eigenvalue weighted by molar-refractivity contribution is 7.03. The lowest BCUT2D eigenvalue weighted by Gasteiger charge is -2.46. The summed E-state index contributed by atoms with van der Waals surface area (Å²) >= 11 is 0. The van der Waals surface area contributed by atoms with E-state index in [4.69, 9.17) is 0 Å². The van der Waals surface area contributed by atoms with Gasteiger partial charge >= 0.3 is 0 Å². The molecule has 0 saturated carbocycles. The lowest BCUT2D eigenvalue weighted by molar-refractivity contribution is 0.590. The Morgan fingerprint density at radius 3 is 1.68 bits per heavy atom. The number of hydrogen-bond acceptors (Lipinski definition) is 2. The van der Waals surface area contributed by atoms with Crippen LogP contribution in [0.15, 0.2) is 115 Å². The van der Waals surface area contributed by atoms with E-state index in [2.05, 4.69) is 181 Å². The number of anilines is 5. The molecule has 0 bridgehead atoms. The summed E-state index contributed by atoms with van der Waals surface area (Å²) in [4.78, 5) is 5.13. The van der Waals surface area contributed by atoms with Crippen LogP contribution in [0.25, 0.3) is 5.47 Å². The van der Waals surface area contributed by atoms with E-state index in [1.165, 1.54) is 78.3 Å². The number of allylic oxidation sites excluding steroid dienone is 1. The SMILES string of the molecule is Cc1cc2c3c(c1)N(c1ccc(C(C)(C)C)cc1)c1ccccc1B3C1=C(N2c2ccc(C(C)(C)C)cc2)C(C)(C)c2ccccc21. The number of nitrogens with zero attached hydrogens (tertiary/aromatic N) is 2. The summed E-state index contributed by atoms with van der Waals surface area (Å²) in [5.74, 6) is 0. The fourth-order valence-corrected chi connectivity index (χ4v) is 8.38. The second-order valence-corrected chi connectivity index (χ2v) is 16.4. The van der Waals surface area contributed by atoms with Crippen molar-refractivity contribution < 1.29 is 0 Å². The van der Waals surface area contributed by atoms with Crippen molar-refractivity contribution in [3.8, 4) is 0 Å². The van der Waals surface area contributed by atoms with Gasteiger partial charge in [-0.2, -0.15) is 0 Å². The molecule has 3 heteroatoms. The summed E-state index contributed by atoms with van der Waals surface area (Å²) in [6.07, 6.45) is 0. The van der Waals surface area contributed by atoms with Crippen molar-refractivity contribution in [2.24, 2.45) is 0 Å². The summed E-state index contributed by atoms with van der Waals surface area (Å²) in [7, 11) is 0. The number of aryl methyl sites for hydroxylation is 1. The number of benzene rings is 5. The summed E-state index contributed by atoms with van der Waals surface area (Å²) in [6, 6.07) is 41.7. The van der Waals surface area contributed by atoms with Gasteiger partial charge in [0.1, 0.15) is 0 Å². The zero-order valence-corrected chi connectivity index (χ0v) is 29.4. The Balaban J connectivity index is 1.45. The minimum absolute atomic E-state index is 0.0913. The van der Waals surface area contributed by atoms with Crippen molar-refractivity contribution in [1.82, 2.24) is 0 Å². The third kappa shape index (κ3) is 4.39. The molecular weight excluding hydrogens is 567 g/mol. The molecule has 0 N–H and O–H groups in total. The molecule has 0 radical (unpaired) electrons. The first kappa shape index (κ1) is 29.9.